The van der Waals surface area contributed by atoms with Gasteiger partial charge in [0.1, 0.15) is 11.5 Å². The summed E-state index contributed by atoms with van der Waals surface area (Å²) in [4.78, 5) is 5.86. The molecule has 0 saturated carbocycles. The van der Waals surface area contributed by atoms with Crippen LogP contribution in [0.3, 0.4) is 0 Å². The van der Waals surface area contributed by atoms with Gasteiger partial charge in [0, 0.05) is 13.1 Å². The molecule has 7 nitrogen and oxygen atoms in total. The van der Waals surface area contributed by atoms with Crippen molar-refractivity contribution in [3.05, 3.63) is 16.0 Å². The third-order valence-corrected chi connectivity index (χ3v) is 1.66. The van der Waals surface area contributed by atoms with Crippen LogP contribution in [0.25, 0.3) is 16.0 Å². The van der Waals surface area contributed by atoms with E-state index in [1.807, 2.05) is 13.8 Å². The van der Waals surface area contributed by atoms with Gasteiger partial charge in [-0.15, -0.1) is 0 Å². The van der Waals surface area contributed by atoms with E-state index in [4.69, 9.17) is 23.3 Å². The summed E-state index contributed by atoms with van der Waals surface area (Å²) in [5.74, 6) is 0. The molecule has 0 saturated heterocycles. The Morgan fingerprint density at radius 2 is 2.06 bits per heavy atom. The van der Waals surface area contributed by atoms with Crippen molar-refractivity contribution in [1.29, 1.82) is 0 Å². The molecule has 0 spiro atoms. The van der Waals surface area contributed by atoms with E-state index < -0.39 is 0 Å². The topological polar surface area (TPSA) is 99.0 Å². The molecule has 0 N–H and O–H groups in total. The average molecular weight is 281 g/mol. The van der Waals surface area contributed by atoms with Crippen LogP contribution in [0.1, 0.15) is 13.8 Å². The molecule has 17 heavy (non-hydrogen) atoms. The number of hydrogen-bond acceptors (Lipinski definition) is 5. The molecule has 0 aromatic rings. The molecule has 0 bridgehead atoms. The minimum atomic E-state index is 0. The van der Waals surface area contributed by atoms with Crippen LogP contribution in [-0.4, -0.2) is 34.8 Å². The first-order chi connectivity index (χ1) is 7.67. The summed E-state index contributed by atoms with van der Waals surface area (Å²) < 4.78 is 0. The van der Waals surface area contributed by atoms with Crippen molar-refractivity contribution in [3.8, 4) is 0 Å². The van der Waals surface area contributed by atoms with Crippen LogP contribution in [0, 0.1) is 0 Å². The smallest absolute Gasteiger partial charge is 0.373 e. The van der Waals surface area contributed by atoms with Crippen molar-refractivity contribution >= 4 is 34.6 Å². The third kappa shape index (κ3) is 15.6. The van der Waals surface area contributed by atoms with E-state index in [2.05, 4.69) is 32.7 Å². The van der Waals surface area contributed by atoms with Gasteiger partial charge in [0.25, 0.3) is 0 Å². The Bertz CT molecular complexity index is 307. The number of hydrogen-bond donors (Lipinski definition) is 0. The first-order valence-corrected chi connectivity index (χ1v) is 5.19. The summed E-state index contributed by atoms with van der Waals surface area (Å²) in [6.45, 7) is 6.10. The van der Waals surface area contributed by atoms with Crippen LogP contribution in [0.15, 0.2) is 15.3 Å². The SMILES string of the molecule is CCN1N=NCC1=S.CCN=C=S.[N-]=[N+]=[N-].[Na+]. The summed E-state index contributed by atoms with van der Waals surface area (Å²) in [5, 5.41) is 11.4. The zero-order valence-corrected chi connectivity index (χ0v) is 13.7. The Balaban J connectivity index is -0.000000191. The van der Waals surface area contributed by atoms with Crippen molar-refractivity contribution in [2.45, 2.75) is 13.8 Å². The van der Waals surface area contributed by atoms with Gasteiger partial charge in [0.05, 0.1) is 5.16 Å². The standard InChI is InChI=1S/C4H7N3S.C3H5NS.N3.Na/c1-2-7-4(8)3-5-6-7;1-2-4-3-5;1-3-2;/h2-3H2,1H3;2H2,1H3;;/q;;-1;+1. The van der Waals surface area contributed by atoms with E-state index in [-0.39, 0.29) is 29.6 Å². The second-order valence-corrected chi connectivity index (χ2v) is 2.81. The molecule has 0 radical (unpaired) electrons. The fraction of sp³-hybridized carbons (Fsp3) is 0.714. The van der Waals surface area contributed by atoms with Crippen LogP contribution in [0.5, 0.6) is 0 Å². The van der Waals surface area contributed by atoms with Crippen molar-refractivity contribution < 1.29 is 29.6 Å². The largest absolute Gasteiger partial charge is 1.00 e. The van der Waals surface area contributed by atoms with Crippen molar-refractivity contribution in [3.63, 3.8) is 0 Å². The van der Waals surface area contributed by atoms with Crippen LogP contribution in [-0.2, 0) is 0 Å². The number of nitrogens with zero attached hydrogens (tertiary/aromatic N) is 7. The van der Waals surface area contributed by atoms with E-state index >= 15 is 0 Å². The van der Waals surface area contributed by atoms with E-state index in [1.165, 1.54) is 4.91 Å². The molecule has 0 atom stereocenters. The van der Waals surface area contributed by atoms with E-state index in [0.717, 1.165) is 18.1 Å². The van der Waals surface area contributed by atoms with Crippen LogP contribution >= 0.6 is 24.4 Å². The molecule has 0 aromatic carbocycles. The fourth-order valence-electron chi connectivity index (χ4n) is 0.604. The Morgan fingerprint density at radius 1 is 1.53 bits per heavy atom. The van der Waals surface area contributed by atoms with E-state index in [0.29, 0.717) is 6.54 Å². The van der Waals surface area contributed by atoms with Crippen molar-refractivity contribution in [2.24, 2.45) is 15.3 Å². The maximum atomic E-state index is 6.75. The molecule has 1 rings (SSSR count). The quantitative estimate of drug-likeness (QED) is 0.178. The molecule has 1 aliphatic rings. The first kappa shape index (κ1) is 21.8. The predicted octanol–water partition coefficient (Wildman–Crippen LogP) is -0.00430. The molecule has 0 aliphatic carbocycles. The molecule has 0 amide bonds. The van der Waals surface area contributed by atoms with Crippen LogP contribution in [0.2, 0.25) is 0 Å². The van der Waals surface area contributed by atoms with Gasteiger partial charge in [-0.05, 0) is 26.1 Å². The molecule has 0 unspecified atom stereocenters. The molecule has 1 aliphatic heterocycles. The van der Waals surface area contributed by atoms with E-state index in [1.54, 1.807) is 5.01 Å². The third-order valence-electron chi connectivity index (χ3n) is 1.19. The molecule has 88 valence electrons. The summed E-state index contributed by atoms with van der Waals surface area (Å²) in [6.07, 6.45) is 0. The molecule has 0 fully saturated rings. The zero-order valence-electron chi connectivity index (χ0n) is 10.1. The fourth-order valence-corrected chi connectivity index (χ4v) is 0.957. The number of likely N-dealkylation sites (N-methyl/N-ethyl adjacent to an activating group) is 1. The molecular weight excluding hydrogens is 269 g/mol. The maximum Gasteiger partial charge on any atom is 1.00 e. The number of thiocarbonyl (C=S) groups is 2. The maximum absolute atomic E-state index is 6.75. The summed E-state index contributed by atoms with van der Waals surface area (Å²) in [5.41, 5.74) is 13.5. The molecule has 0 aromatic heterocycles. The second kappa shape index (κ2) is 18.0. The minimum absolute atomic E-state index is 0. The Labute approximate surface area is 133 Å². The second-order valence-electron chi connectivity index (χ2n) is 2.15. The first-order valence-electron chi connectivity index (χ1n) is 4.37. The molecular formula is C7H12N7NaS2. The van der Waals surface area contributed by atoms with Crippen LogP contribution in [0.4, 0.5) is 0 Å². The van der Waals surface area contributed by atoms with Gasteiger partial charge >= 0.3 is 29.6 Å². The Morgan fingerprint density at radius 3 is 2.18 bits per heavy atom. The molecule has 10 heteroatoms. The van der Waals surface area contributed by atoms with Gasteiger partial charge in [-0.3, -0.25) is 4.91 Å². The minimum Gasteiger partial charge on any atom is -0.373 e. The molecule has 1 heterocycles. The summed E-state index contributed by atoms with van der Waals surface area (Å²) in [6, 6.07) is 0. The van der Waals surface area contributed by atoms with Gasteiger partial charge in [-0.25, -0.2) is 10.0 Å². The van der Waals surface area contributed by atoms with Crippen LogP contribution < -0.4 is 29.6 Å². The van der Waals surface area contributed by atoms with Gasteiger partial charge < -0.3 is 11.1 Å². The normalized spacial score (nSPS) is 10.7. The van der Waals surface area contributed by atoms with E-state index in [9.17, 15) is 0 Å². The van der Waals surface area contributed by atoms with Crippen molar-refractivity contribution in [1.82, 2.24) is 5.01 Å². The Kier molecular flexibility index (Phi) is 23.1. The number of rotatable bonds is 2. The number of isothiocyanates is 1. The van der Waals surface area contributed by atoms with Gasteiger partial charge in [-0.1, -0.05) is 17.4 Å². The van der Waals surface area contributed by atoms with Gasteiger partial charge in [0.15, 0.2) is 0 Å². The number of aliphatic imine (C=N–C) groups is 1. The zero-order chi connectivity index (χ0) is 12.8. The van der Waals surface area contributed by atoms with Gasteiger partial charge in [0.2, 0.25) is 0 Å². The summed E-state index contributed by atoms with van der Waals surface area (Å²) in [7, 11) is 0. The van der Waals surface area contributed by atoms with Gasteiger partial charge in [-0.2, -0.15) is 5.11 Å². The monoisotopic (exact) mass is 281 g/mol. The summed E-state index contributed by atoms with van der Waals surface area (Å²) >= 11 is 9.11. The predicted molar refractivity (Wildman–Crippen MR) is 70.3 cm³/mol. The Hall–Kier alpha value is -0.400. The van der Waals surface area contributed by atoms with Crippen molar-refractivity contribution in [2.75, 3.05) is 19.6 Å². The average Bonchev–Trinajstić information content (AvgIpc) is 2.67.